The maximum atomic E-state index is 12.4. The zero-order chi connectivity index (χ0) is 21.1. The highest BCUT2D eigenvalue weighted by molar-refractivity contribution is 7.93. The number of sulfonamides is 1. The number of rotatable bonds is 5. The lowest BCUT2D eigenvalue weighted by Gasteiger charge is -2.16. The van der Waals surface area contributed by atoms with Crippen LogP contribution < -0.4 is 9.62 Å². The summed E-state index contributed by atoms with van der Waals surface area (Å²) in [7, 11) is -3.18. The molecule has 1 aliphatic heterocycles. The zero-order valence-corrected chi connectivity index (χ0v) is 17.6. The minimum atomic E-state index is -3.18. The van der Waals surface area contributed by atoms with E-state index >= 15 is 0 Å². The largest absolute Gasteiger partial charge is 0.346 e. The molecule has 1 N–H and O–H groups in total. The second-order valence-electron chi connectivity index (χ2n) is 7.47. The molecule has 1 aliphatic rings. The number of nitrogens with one attached hydrogen (secondary N) is 1. The van der Waals surface area contributed by atoms with Crippen LogP contribution in [0.15, 0.2) is 72.8 Å². The number of fused-ring (bicyclic) bond motifs is 1. The fourth-order valence-corrected chi connectivity index (χ4v) is 5.38. The molecule has 0 aromatic heterocycles. The summed E-state index contributed by atoms with van der Waals surface area (Å²) in [5, 5.41) is 5.29. The summed E-state index contributed by atoms with van der Waals surface area (Å²) < 4.78 is 25.5. The van der Waals surface area contributed by atoms with E-state index < -0.39 is 10.0 Å². The van der Waals surface area contributed by atoms with Crippen molar-refractivity contribution in [3.8, 4) is 0 Å². The van der Waals surface area contributed by atoms with Crippen LogP contribution in [0.1, 0.15) is 30.5 Å². The summed E-state index contributed by atoms with van der Waals surface area (Å²) >= 11 is 0. The highest BCUT2D eigenvalue weighted by Gasteiger charge is 2.28. The number of benzene rings is 3. The van der Waals surface area contributed by atoms with Crippen LogP contribution in [0.4, 0.5) is 5.69 Å². The van der Waals surface area contributed by atoms with Crippen molar-refractivity contribution in [2.45, 2.75) is 19.4 Å². The van der Waals surface area contributed by atoms with Gasteiger partial charge in [-0.2, -0.15) is 0 Å². The van der Waals surface area contributed by atoms with Gasteiger partial charge in [-0.25, -0.2) is 8.42 Å². The second kappa shape index (κ2) is 8.32. The topological polar surface area (TPSA) is 66.5 Å². The van der Waals surface area contributed by atoms with Crippen molar-refractivity contribution >= 4 is 38.5 Å². The molecule has 0 aliphatic carbocycles. The molecule has 0 radical (unpaired) electrons. The maximum Gasteiger partial charge on any atom is 0.244 e. The zero-order valence-electron chi connectivity index (χ0n) is 16.8. The molecule has 3 aromatic carbocycles. The normalized spacial score (nSPS) is 16.8. The van der Waals surface area contributed by atoms with E-state index in [1.54, 1.807) is 18.2 Å². The minimum absolute atomic E-state index is 0.129. The molecule has 1 fully saturated rings. The fraction of sp³-hybridized carbons (Fsp3) is 0.208. The molecule has 3 aromatic rings. The Kier molecular flexibility index (Phi) is 5.59. The van der Waals surface area contributed by atoms with Gasteiger partial charge in [0.25, 0.3) is 0 Å². The molecule has 1 unspecified atom stereocenters. The van der Waals surface area contributed by atoms with Gasteiger partial charge in [-0.15, -0.1) is 0 Å². The van der Waals surface area contributed by atoms with E-state index in [1.165, 1.54) is 10.4 Å². The van der Waals surface area contributed by atoms with E-state index in [-0.39, 0.29) is 17.7 Å². The van der Waals surface area contributed by atoms with Gasteiger partial charge in [-0.1, -0.05) is 54.6 Å². The van der Waals surface area contributed by atoms with Gasteiger partial charge in [0.15, 0.2) is 0 Å². The van der Waals surface area contributed by atoms with E-state index in [2.05, 4.69) is 23.5 Å². The maximum absolute atomic E-state index is 12.4. The first kappa shape index (κ1) is 20.2. The summed E-state index contributed by atoms with van der Waals surface area (Å²) in [4.78, 5) is 12.4. The number of hydrogen-bond acceptors (Lipinski definition) is 3. The molecule has 5 nitrogen and oxygen atoms in total. The van der Waals surface area contributed by atoms with Crippen LogP contribution in [-0.2, 0) is 14.8 Å². The van der Waals surface area contributed by atoms with Crippen LogP contribution in [-0.4, -0.2) is 26.6 Å². The van der Waals surface area contributed by atoms with E-state index in [0.717, 1.165) is 21.9 Å². The van der Waals surface area contributed by atoms with Crippen LogP contribution in [0.25, 0.3) is 16.8 Å². The summed E-state index contributed by atoms with van der Waals surface area (Å²) in [6.07, 6.45) is 3.88. The quantitative estimate of drug-likeness (QED) is 0.627. The van der Waals surface area contributed by atoms with E-state index in [4.69, 9.17) is 0 Å². The summed E-state index contributed by atoms with van der Waals surface area (Å²) in [6, 6.07) is 21.3. The molecule has 4 rings (SSSR count). The van der Waals surface area contributed by atoms with Crippen molar-refractivity contribution in [1.82, 2.24) is 5.32 Å². The number of carbonyl (C=O) groups excluding carboxylic acids is 1. The summed E-state index contributed by atoms with van der Waals surface area (Å²) in [5.41, 5.74) is 2.58. The van der Waals surface area contributed by atoms with Crippen molar-refractivity contribution < 1.29 is 13.2 Å². The standard InChI is InChI=1S/C24H24N2O3S/c1-18(22-9-4-7-20-6-2-3-8-23(20)22)25-24(27)15-12-19-10-13-21(14-11-19)26-16-5-17-30(26,28)29/h2-4,6-15,18H,5,16-17H2,1H3,(H,25,27)/b15-12+. The third-order valence-electron chi connectivity index (χ3n) is 5.36. The fourth-order valence-electron chi connectivity index (χ4n) is 3.82. The van der Waals surface area contributed by atoms with Gasteiger partial charge in [0.1, 0.15) is 0 Å². The Morgan fingerprint density at radius 1 is 1.03 bits per heavy atom. The highest BCUT2D eigenvalue weighted by atomic mass is 32.2. The SMILES string of the molecule is CC(NC(=O)/C=C/c1ccc(N2CCCS2(=O)=O)cc1)c1cccc2ccccc12. The Morgan fingerprint density at radius 3 is 2.50 bits per heavy atom. The van der Waals surface area contributed by atoms with Crippen molar-refractivity contribution in [2.24, 2.45) is 0 Å². The Bertz CT molecular complexity index is 1200. The average molecular weight is 421 g/mol. The Labute approximate surface area is 177 Å². The highest BCUT2D eigenvalue weighted by Crippen LogP contribution is 2.25. The first-order valence-corrected chi connectivity index (χ1v) is 11.6. The van der Waals surface area contributed by atoms with E-state index in [0.29, 0.717) is 18.7 Å². The molecule has 1 heterocycles. The average Bonchev–Trinajstić information content (AvgIpc) is 3.11. The van der Waals surface area contributed by atoms with Crippen molar-refractivity contribution in [3.05, 3.63) is 83.9 Å². The third kappa shape index (κ3) is 4.24. The van der Waals surface area contributed by atoms with Gasteiger partial charge in [-0.3, -0.25) is 9.10 Å². The van der Waals surface area contributed by atoms with Gasteiger partial charge < -0.3 is 5.32 Å². The lowest BCUT2D eigenvalue weighted by Crippen LogP contribution is -2.25. The second-order valence-corrected chi connectivity index (χ2v) is 9.48. The predicted octanol–water partition coefficient (Wildman–Crippen LogP) is 4.27. The van der Waals surface area contributed by atoms with Crippen LogP contribution in [0.3, 0.4) is 0 Å². The molecule has 1 atom stereocenters. The minimum Gasteiger partial charge on any atom is -0.346 e. The molecule has 1 saturated heterocycles. The molecule has 154 valence electrons. The lowest BCUT2D eigenvalue weighted by molar-refractivity contribution is -0.117. The molecule has 30 heavy (non-hydrogen) atoms. The van der Waals surface area contributed by atoms with Crippen LogP contribution in [0, 0.1) is 0 Å². The van der Waals surface area contributed by atoms with E-state index in [1.807, 2.05) is 43.3 Å². The monoisotopic (exact) mass is 420 g/mol. The molecular formula is C24H24N2O3S. The number of nitrogens with zero attached hydrogens (tertiary/aromatic N) is 1. The van der Waals surface area contributed by atoms with Crippen LogP contribution in [0.2, 0.25) is 0 Å². The predicted molar refractivity (Wildman–Crippen MR) is 122 cm³/mol. The summed E-state index contributed by atoms with van der Waals surface area (Å²) in [5.74, 6) is 0.0191. The van der Waals surface area contributed by atoms with Gasteiger partial charge in [-0.05, 0) is 53.5 Å². The number of hydrogen-bond donors (Lipinski definition) is 1. The molecule has 0 saturated carbocycles. The molecular weight excluding hydrogens is 396 g/mol. The van der Waals surface area contributed by atoms with E-state index in [9.17, 15) is 13.2 Å². The lowest BCUT2D eigenvalue weighted by atomic mass is 10.00. The van der Waals surface area contributed by atoms with Crippen molar-refractivity contribution in [1.29, 1.82) is 0 Å². The first-order chi connectivity index (χ1) is 14.4. The Morgan fingerprint density at radius 2 is 1.77 bits per heavy atom. The molecule has 0 bridgehead atoms. The molecule has 6 heteroatoms. The number of anilines is 1. The molecule has 1 amide bonds. The first-order valence-electron chi connectivity index (χ1n) is 10.0. The van der Waals surface area contributed by atoms with Crippen LogP contribution >= 0.6 is 0 Å². The Hall–Kier alpha value is -3.12. The number of carbonyl (C=O) groups is 1. The number of amides is 1. The summed E-state index contributed by atoms with van der Waals surface area (Å²) in [6.45, 7) is 2.49. The molecule has 0 spiro atoms. The Balaban J connectivity index is 1.42. The van der Waals surface area contributed by atoms with Crippen LogP contribution in [0.5, 0.6) is 0 Å². The van der Waals surface area contributed by atoms with Gasteiger partial charge in [0, 0.05) is 12.6 Å². The van der Waals surface area contributed by atoms with Crippen molar-refractivity contribution in [2.75, 3.05) is 16.6 Å². The third-order valence-corrected chi connectivity index (χ3v) is 7.23. The smallest absolute Gasteiger partial charge is 0.244 e. The van der Waals surface area contributed by atoms with Gasteiger partial charge in [0.05, 0.1) is 17.5 Å². The van der Waals surface area contributed by atoms with Gasteiger partial charge >= 0.3 is 0 Å². The van der Waals surface area contributed by atoms with Gasteiger partial charge in [0.2, 0.25) is 15.9 Å². The van der Waals surface area contributed by atoms with Crippen molar-refractivity contribution in [3.63, 3.8) is 0 Å².